The van der Waals surface area contributed by atoms with E-state index in [4.69, 9.17) is 5.11 Å². The van der Waals surface area contributed by atoms with Gasteiger partial charge in [0.1, 0.15) is 12.4 Å². The number of likely N-dealkylation sites (N-methyl/N-ethyl adjacent to an activating group) is 1. The molecule has 1 saturated heterocycles. The molecule has 0 aliphatic carbocycles. The van der Waals surface area contributed by atoms with Crippen molar-refractivity contribution in [1.29, 1.82) is 0 Å². The van der Waals surface area contributed by atoms with E-state index >= 15 is 0 Å². The lowest BCUT2D eigenvalue weighted by Crippen LogP contribution is -2.34. The minimum atomic E-state index is -0.571. The number of carbonyl (C=O) groups is 1. The molecule has 4 nitrogen and oxygen atoms in total. The van der Waals surface area contributed by atoms with E-state index < -0.39 is 5.82 Å². The fraction of sp³-hybridized carbons (Fsp3) is 0.438. The van der Waals surface area contributed by atoms with E-state index in [-0.39, 0.29) is 18.1 Å². The van der Waals surface area contributed by atoms with E-state index in [2.05, 4.69) is 16.7 Å². The van der Waals surface area contributed by atoms with Gasteiger partial charge < -0.3 is 14.9 Å². The summed E-state index contributed by atoms with van der Waals surface area (Å²) < 4.78 is 14.0. The SMILES string of the molecule is CN(C)C1CCN(C(=O)c2ccc(C#CCO)cc2F)C1. The second kappa shape index (κ2) is 6.70. The van der Waals surface area contributed by atoms with Gasteiger partial charge in [-0.15, -0.1) is 0 Å². The van der Waals surface area contributed by atoms with Crippen molar-refractivity contribution in [3.8, 4) is 11.8 Å². The Morgan fingerprint density at radius 1 is 1.52 bits per heavy atom. The van der Waals surface area contributed by atoms with Crippen molar-refractivity contribution in [2.24, 2.45) is 0 Å². The third-order valence-electron chi connectivity index (χ3n) is 3.69. The number of halogens is 1. The Bertz CT molecular complexity index is 590. The van der Waals surface area contributed by atoms with Crippen LogP contribution in [0.25, 0.3) is 0 Å². The van der Waals surface area contributed by atoms with E-state index in [0.29, 0.717) is 24.7 Å². The Morgan fingerprint density at radius 3 is 2.86 bits per heavy atom. The van der Waals surface area contributed by atoms with Crippen LogP contribution in [0.5, 0.6) is 0 Å². The molecule has 0 radical (unpaired) electrons. The van der Waals surface area contributed by atoms with Crippen molar-refractivity contribution < 1.29 is 14.3 Å². The molecule has 1 aromatic rings. The maximum Gasteiger partial charge on any atom is 0.256 e. The molecule has 1 aliphatic heterocycles. The van der Waals surface area contributed by atoms with Gasteiger partial charge in [-0.3, -0.25) is 4.79 Å². The second-order valence-electron chi connectivity index (χ2n) is 5.31. The zero-order chi connectivity index (χ0) is 15.4. The Labute approximate surface area is 124 Å². The van der Waals surface area contributed by atoms with E-state index in [9.17, 15) is 9.18 Å². The number of amides is 1. The first-order valence-corrected chi connectivity index (χ1v) is 6.88. The Morgan fingerprint density at radius 2 is 2.29 bits per heavy atom. The standard InChI is InChI=1S/C16H19FN2O2/c1-18(2)13-7-8-19(11-13)16(21)14-6-5-12(4-3-9-20)10-15(14)17/h5-6,10,13,20H,7-9,11H2,1-2H3. The molecule has 1 aliphatic rings. The van der Waals surface area contributed by atoms with Gasteiger partial charge >= 0.3 is 0 Å². The highest BCUT2D eigenvalue weighted by molar-refractivity contribution is 5.94. The van der Waals surface area contributed by atoms with Crippen LogP contribution >= 0.6 is 0 Å². The van der Waals surface area contributed by atoms with Gasteiger partial charge in [0.2, 0.25) is 0 Å². The third-order valence-corrected chi connectivity index (χ3v) is 3.69. The van der Waals surface area contributed by atoms with Gasteiger partial charge in [0.05, 0.1) is 5.56 Å². The minimum absolute atomic E-state index is 0.0731. The average molecular weight is 290 g/mol. The van der Waals surface area contributed by atoms with Gasteiger partial charge in [-0.1, -0.05) is 11.8 Å². The molecule has 1 heterocycles. The molecule has 0 aromatic heterocycles. The van der Waals surface area contributed by atoms with Crippen LogP contribution in [0.15, 0.2) is 18.2 Å². The molecule has 1 amide bonds. The molecular weight excluding hydrogens is 271 g/mol. The molecule has 5 heteroatoms. The molecule has 1 fully saturated rings. The molecule has 112 valence electrons. The zero-order valence-electron chi connectivity index (χ0n) is 12.3. The smallest absolute Gasteiger partial charge is 0.256 e. The van der Waals surface area contributed by atoms with Crippen molar-refractivity contribution in [3.63, 3.8) is 0 Å². The number of likely N-dealkylation sites (tertiary alicyclic amines) is 1. The van der Waals surface area contributed by atoms with Crippen LogP contribution in [-0.4, -0.2) is 60.6 Å². The minimum Gasteiger partial charge on any atom is -0.384 e. The normalized spacial score (nSPS) is 17.8. The van der Waals surface area contributed by atoms with Crippen molar-refractivity contribution >= 4 is 5.91 Å². The summed E-state index contributed by atoms with van der Waals surface area (Å²) in [6, 6.07) is 4.61. The number of carbonyl (C=O) groups excluding carboxylic acids is 1. The summed E-state index contributed by atoms with van der Waals surface area (Å²) in [7, 11) is 3.96. The number of aliphatic hydroxyl groups is 1. The number of aliphatic hydroxyl groups excluding tert-OH is 1. The van der Waals surface area contributed by atoms with Crippen LogP contribution in [0.3, 0.4) is 0 Å². The van der Waals surface area contributed by atoms with E-state index in [0.717, 1.165) is 6.42 Å². The van der Waals surface area contributed by atoms with Crippen molar-refractivity contribution in [3.05, 3.63) is 35.1 Å². The highest BCUT2D eigenvalue weighted by atomic mass is 19.1. The van der Waals surface area contributed by atoms with Crippen molar-refractivity contribution in [2.45, 2.75) is 12.5 Å². The number of benzene rings is 1. The molecule has 0 bridgehead atoms. The first-order chi connectivity index (χ1) is 10.0. The average Bonchev–Trinajstić information content (AvgIpc) is 2.94. The van der Waals surface area contributed by atoms with E-state index in [1.165, 1.54) is 12.1 Å². The van der Waals surface area contributed by atoms with Gasteiger partial charge in [-0.25, -0.2) is 4.39 Å². The summed E-state index contributed by atoms with van der Waals surface area (Å²) >= 11 is 0. The fourth-order valence-corrected chi connectivity index (χ4v) is 2.43. The molecule has 1 N–H and O–H groups in total. The number of hydrogen-bond donors (Lipinski definition) is 1. The zero-order valence-corrected chi connectivity index (χ0v) is 12.3. The molecule has 1 unspecified atom stereocenters. The maximum atomic E-state index is 14.0. The van der Waals surface area contributed by atoms with E-state index in [1.807, 2.05) is 14.1 Å². The van der Waals surface area contributed by atoms with Gasteiger partial charge in [-0.2, -0.15) is 0 Å². The maximum absolute atomic E-state index is 14.0. The lowest BCUT2D eigenvalue weighted by Gasteiger charge is -2.20. The van der Waals surface area contributed by atoms with Crippen molar-refractivity contribution in [1.82, 2.24) is 9.80 Å². The van der Waals surface area contributed by atoms with E-state index in [1.54, 1.807) is 11.0 Å². The van der Waals surface area contributed by atoms with Crippen LogP contribution in [-0.2, 0) is 0 Å². The lowest BCUT2D eigenvalue weighted by molar-refractivity contribution is 0.0778. The number of rotatable bonds is 2. The highest BCUT2D eigenvalue weighted by Crippen LogP contribution is 2.18. The first-order valence-electron chi connectivity index (χ1n) is 6.88. The monoisotopic (exact) mass is 290 g/mol. The Balaban J connectivity index is 2.13. The summed E-state index contributed by atoms with van der Waals surface area (Å²) in [5.74, 6) is 4.22. The second-order valence-corrected chi connectivity index (χ2v) is 5.31. The number of nitrogens with zero attached hydrogens (tertiary/aromatic N) is 2. The van der Waals surface area contributed by atoms with Gasteiger partial charge in [-0.05, 0) is 38.7 Å². The van der Waals surface area contributed by atoms with Gasteiger partial charge in [0.25, 0.3) is 5.91 Å². The van der Waals surface area contributed by atoms with Crippen LogP contribution in [0.4, 0.5) is 4.39 Å². The van der Waals surface area contributed by atoms with Crippen LogP contribution in [0, 0.1) is 17.7 Å². The summed E-state index contributed by atoms with van der Waals surface area (Å²) in [5.41, 5.74) is 0.523. The predicted octanol–water partition coefficient (Wildman–Crippen LogP) is 0.946. The quantitative estimate of drug-likeness (QED) is 0.825. The van der Waals surface area contributed by atoms with Gasteiger partial charge in [0.15, 0.2) is 0 Å². The molecule has 1 aromatic carbocycles. The lowest BCUT2D eigenvalue weighted by atomic mass is 10.1. The molecular formula is C16H19FN2O2. The molecule has 0 spiro atoms. The third kappa shape index (κ3) is 3.60. The summed E-state index contributed by atoms with van der Waals surface area (Å²) in [5, 5.41) is 8.62. The topological polar surface area (TPSA) is 43.8 Å². The summed E-state index contributed by atoms with van der Waals surface area (Å²) in [6.07, 6.45) is 0.903. The highest BCUT2D eigenvalue weighted by Gasteiger charge is 2.29. The van der Waals surface area contributed by atoms with Crippen LogP contribution in [0.1, 0.15) is 22.3 Å². The van der Waals surface area contributed by atoms with Crippen LogP contribution < -0.4 is 0 Å². The molecule has 0 saturated carbocycles. The largest absolute Gasteiger partial charge is 0.384 e. The van der Waals surface area contributed by atoms with Crippen molar-refractivity contribution in [2.75, 3.05) is 33.8 Å². The predicted molar refractivity (Wildman–Crippen MR) is 78.4 cm³/mol. The molecule has 21 heavy (non-hydrogen) atoms. The Hall–Kier alpha value is -1.90. The van der Waals surface area contributed by atoms with Gasteiger partial charge in [0, 0.05) is 24.7 Å². The fourth-order valence-electron chi connectivity index (χ4n) is 2.43. The molecule has 2 rings (SSSR count). The Kier molecular flexibility index (Phi) is 4.94. The number of hydrogen-bond acceptors (Lipinski definition) is 3. The summed E-state index contributed by atoms with van der Waals surface area (Å²) in [4.78, 5) is 16.1. The van der Waals surface area contributed by atoms with Crippen LogP contribution in [0.2, 0.25) is 0 Å². The first kappa shape index (κ1) is 15.5. The summed E-state index contributed by atoms with van der Waals surface area (Å²) in [6.45, 7) is 0.993. The molecule has 1 atom stereocenters.